The smallest absolute Gasteiger partial charge is 0.251 e. The van der Waals surface area contributed by atoms with E-state index in [-0.39, 0.29) is 18.4 Å². The molecule has 6 nitrogen and oxygen atoms in total. The zero-order valence-corrected chi connectivity index (χ0v) is 13.8. The summed E-state index contributed by atoms with van der Waals surface area (Å²) in [5.41, 5.74) is 1.94. The van der Waals surface area contributed by atoms with Crippen LogP contribution in [0.4, 0.5) is 11.4 Å². The number of carbonyl (C=O) groups is 2. The Bertz CT molecular complexity index is 699. The molecule has 6 heteroatoms. The molecule has 0 atom stereocenters. The Hall–Kier alpha value is -3.02. The average Bonchev–Trinajstić information content (AvgIpc) is 2.61. The molecule has 0 saturated carbocycles. The van der Waals surface area contributed by atoms with E-state index in [9.17, 15) is 9.59 Å². The van der Waals surface area contributed by atoms with Crippen LogP contribution in [0.2, 0.25) is 0 Å². The minimum atomic E-state index is -0.186. The van der Waals surface area contributed by atoms with Crippen LogP contribution >= 0.6 is 0 Å². The third kappa shape index (κ3) is 4.74. The number of rotatable bonds is 7. The summed E-state index contributed by atoms with van der Waals surface area (Å²) in [6.45, 7) is 2.58. The normalized spacial score (nSPS) is 9.92. The van der Waals surface area contributed by atoms with Crippen molar-refractivity contribution in [3.8, 4) is 5.75 Å². The first kappa shape index (κ1) is 17.3. The number of nitrogens with one attached hydrogen (secondary N) is 3. The van der Waals surface area contributed by atoms with Crippen LogP contribution in [0.3, 0.4) is 0 Å². The second-order valence-corrected chi connectivity index (χ2v) is 4.99. The Morgan fingerprint density at radius 2 is 1.75 bits per heavy atom. The predicted molar refractivity (Wildman–Crippen MR) is 94.6 cm³/mol. The lowest BCUT2D eigenvalue weighted by molar-refractivity contribution is -0.114. The van der Waals surface area contributed by atoms with Gasteiger partial charge in [0.25, 0.3) is 5.91 Å². The fraction of sp³-hybridized carbons (Fsp3) is 0.222. The lowest BCUT2D eigenvalue weighted by atomic mass is 10.2. The minimum Gasteiger partial charge on any atom is -0.492 e. The molecule has 0 radical (unpaired) electrons. The topological polar surface area (TPSA) is 79.5 Å². The van der Waals surface area contributed by atoms with Gasteiger partial charge < -0.3 is 20.7 Å². The van der Waals surface area contributed by atoms with Crippen LogP contribution < -0.4 is 20.7 Å². The third-order valence-electron chi connectivity index (χ3n) is 3.28. The molecule has 0 saturated heterocycles. The summed E-state index contributed by atoms with van der Waals surface area (Å²) < 4.78 is 5.50. The van der Waals surface area contributed by atoms with Gasteiger partial charge in [0.2, 0.25) is 5.91 Å². The van der Waals surface area contributed by atoms with E-state index in [2.05, 4.69) is 16.0 Å². The Morgan fingerprint density at radius 3 is 2.42 bits per heavy atom. The standard InChI is InChI=1S/C18H21N3O3/c1-3-24-16-7-5-4-6-15(16)20-12-17(22)21-14-10-8-13(9-11-14)18(23)19-2/h4-11,20H,3,12H2,1-2H3,(H,19,23)(H,21,22). The average molecular weight is 327 g/mol. The second kappa shape index (κ2) is 8.57. The second-order valence-electron chi connectivity index (χ2n) is 4.99. The first-order chi connectivity index (χ1) is 11.6. The molecule has 0 aliphatic rings. The van der Waals surface area contributed by atoms with Crippen molar-refractivity contribution >= 4 is 23.2 Å². The molecular weight excluding hydrogens is 306 g/mol. The van der Waals surface area contributed by atoms with Gasteiger partial charge in [0.15, 0.2) is 0 Å². The van der Waals surface area contributed by atoms with Crippen LogP contribution in [-0.4, -0.2) is 32.0 Å². The third-order valence-corrected chi connectivity index (χ3v) is 3.28. The van der Waals surface area contributed by atoms with Gasteiger partial charge in [-0.1, -0.05) is 12.1 Å². The Morgan fingerprint density at radius 1 is 1.04 bits per heavy atom. The fourth-order valence-corrected chi connectivity index (χ4v) is 2.12. The molecule has 0 bridgehead atoms. The van der Waals surface area contributed by atoms with Gasteiger partial charge in [0, 0.05) is 18.3 Å². The summed E-state index contributed by atoms with van der Waals surface area (Å²) in [6.07, 6.45) is 0. The summed E-state index contributed by atoms with van der Waals surface area (Å²) in [7, 11) is 1.57. The number of para-hydroxylation sites is 2. The van der Waals surface area contributed by atoms with Gasteiger partial charge in [-0.3, -0.25) is 9.59 Å². The van der Waals surface area contributed by atoms with Crippen molar-refractivity contribution in [1.29, 1.82) is 0 Å². The maximum absolute atomic E-state index is 12.0. The highest BCUT2D eigenvalue weighted by Gasteiger charge is 2.07. The van der Waals surface area contributed by atoms with E-state index in [1.165, 1.54) is 0 Å². The molecule has 2 aromatic rings. The zero-order chi connectivity index (χ0) is 17.4. The van der Waals surface area contributed by atoms with Crippen LogP contribution in [0.5, 0.6) is 5.75 Å². The number of anilines is 2. The Labute approximate surface area is 141 Å². The monoisotopic (exact) mass is 327 g/mol. The van der Waals surface area contributed by atoms with Crippen LogP contribution in [0.15, 0.2) is 48.5 Å². The highest BCUT2D eigenvalue weighted by Crippen LogP contribution is 2.23. The van der Waals surface area contributed by atoms with Crippen LogP contribution in [0.1, 0.15) is 17.3 Å². The molecule has 0 aliphatic carbocycles. The molecule has 0 spiro atoms. The summed E-state index contributed by atoms with van der Waals surface area (Å²) in [5.74, 6) is 0.360. The van der Waals surface area contributed by atoms with Gasteiger partial charge in [-0.2, -0.15) is 0 Å². The molecule has 2 amide bonds. The quantitative estimate of drug-likeness (QED) is 0.730. The SMILES string of the molecule is CCOc1ccccc1NCC(=O)Nc1ccc(C(=O)NC)cc1. The molecule has 3 N–H and O–H groups in total. The molecule has 2 aromatic carbocycles. The fourth-order valence-electron chi connectivity index (χ4n) is 2.12. The summed E-state index contributed by atoms with van der Waals surface area (Å²) in [4.78, 5) is 23.5. The molecule has 0 heterocycles. The first-order valence-corrected chi connectivity index (χ1v) is 7.71. The first-order valence-electron chi connectivity index (χ1n) is 7.71. The van der Waals surface area contributed by atoms with E-state index < -0.39 is 0 Å². The molecular formula is C18H21N3O3. The van der Waals surface area contributed by atoms with Crippen molar-refractivity contribution in [2.75, 3.05) is 30.8 Å². The lowest BCUT2D eigenvalue weighted by Crippen LogP contribution is -2.22. The molecule has 126 valence electrons. The number of hydrogen-bond acceptors (Lipinski definition) is 4. The number of benzene rings is 2. The largest absolute Gasteiger partial charge is 0.492 e. The number of carbonyl (C=O) groups excluding carboxylic acids is 2. The minimum absolute atomic E-state index is 0.112. The van der Waals surface area contributed by atoms with Gasteiger partial charge >= 0.3 is 0 Å². The molecule has 0 aliphatic heterocycles. The molecule has 0 unspecified atom stereocenters. The van der Waals surface area contributed by atoms with E-state index in [0.717, 1.165) is 5.69 Å². The predicted octanol–water partition coefficient (Wildman–Crippen LogP) is 2.50. The van der Waals surface area contributed by atoms with Crippen molar-refractivity contribution in [2.24, 2.45) is 0 Å². The van der Waals surface area contributed by atoms with Gasteiger partial charge in [-0.15, -0.1) is 0 Å². The molecule has 2 rings (SSSR count). The maximum atomic E-state index is 12.0. The van der Waals surface area contributed by atoms with Gasteiger partial charge in [0.1, 0.15) is 5.75 Å². The van der Waals surface area contributed by atoms with Crippen molar-refractivity contribution in [3.05, 3.63) is 54.1 Å². The van der Waals surface area contributed by atoms with Crippen LogP contribution in [-0.2, 0) is 4.79 Å². The lowest BCUT2D eigenvalue weighted by Gasteiger charge is -2.12. The molecule has 0 fully saturated rings. The van der Waals surface area contributed by atoms with Crippen LogP contribution in [0, 0.1) is 0 Å². The van der Waals surface area contributed by atoms with E-state index in [1.54, 1.807) is 31.3 Å². The Kier molecular flexibility index (Phi) is 6.19. The van der Waals surface area contributed by atoms with E-state index in [0.29, 0.717) is 23.6 Å². The highest BCUT2D eigenvalue weighted by atomic mass is 16.5. The van der Waals surface area contributed by atoms with E-state index >= 15 is 0 Å². The zero-order valence-electron chi connectivity index (χ0n) is 13.8. The maximum Gasteiger partial charge on any atom is 0.251 e. The van der Waals surface area contributed by atoms with Crippen molar-refractivity contribution in [1.82, 2.24) is 5.32 Å². The summed E-state index contributed by atoms with van der Waals surface area (Å²) in [5, 5.41) is 8.38. The molecule has 0 aromatic heterocycles. The highest BCUT2D eigenvalue weighted by molar-refractivity contribution is 5.96. The van der Waals surface area contributed by atoms with Gasteiger partial charge in [-0.25, -0.2) is 0 Å². The van der Waals surface area contributed by atoms with Crippen LogP contribution in [0.25, 0.3) is 0 Å². The van der Waals surface area contributed by atoms with Gasteiger partial charge in [-0.05, 0) is 43.3 Å². The number of ether oxygens (including phenoxy) is 1. The van der Waals surface area contributed by atoms with Crippen molar-refractivity contribution in [2.45, 2.75) is 6.92 Å². The van der Waals surface area contributed by atoms with E-state index in [4.69, 9.17) is 4.74 Å². The van der Waals surface area contributed by atoms with Crippen molar-refractivity contribution < 1.29 is 14.3 Å². The Balaban J connectivity index is 1.91. The molecule has 24 heavy (non-hydrogen) atoms. The summed E-state index contributed by atoms with van der Waals surface area (Å²) in [6, 6.07) is 14.2. The van der Waals surface area contributed by atoms with Crippen molar-refractivity contribution in [3.63, 3.8) is 0 Å². The summed E-state index contributed by atoms with van der Waals surface area (Å²) >= 11 is 0. The van der Waals surface area contributed by atoms with E-state index in [1.807, 2.05) is 31.2 Å². The number of amides is 2. The van der Waals surface area contributed by atoms with Gasteiger partial charge in [0.05, 0.1) is 18.8 Å². The number of hydrogen-bond donors (Lipinski definition) is 3.